The Balaban J connectivity index is 2.64. The number of amides is 1. The lowest BCUT2D eigenvalue weighted by molar-refractivity contribution is 0.0908. The zero-order chi connectivity index (χ0) is 12.8. The summed E-state index contributed by atoms with van der Waals surface area (Å²) in [5.74, 6) is -0.425. The van der Waals surface area contributed by atoms with E-state index >= 15 is 0 Å². The lowest BCUT2D eigenvalue weighted by Crippen LogP contribution is -2.38. The number of hydrogen-bond donors (Lipinski definition) is 2. The third kappa shape index (κ3) is 4.53. The normalized spacial score (nSPS) is 12.5. The van der Waals surface area contributed by atoms with Crippen molar-refractivity contribution in [2.24, 2.45) is 5.92 Å². The molecule has 1 atom stereocenters. The molecule has 1 aromatic carbocycles. The zero-order valence-corrected chi connectivity index (χ0v) is 10.1. The lowest BCUT2D eigenvalue weighted by Gasteiger charge is -2.18. The molecule has 0 aliphatic carbocycles. The molecule has 0 bridgehead atoms. The summed E-state index contributed by atoms with van der Waals surface area (Å²) in [6, 6.07) is 5.21. The largest absolute Gasteiger partial charge is 0.394 e. The standard InChI is InChI=1S/C13H18FNO2/c1-9(2)6-12(8-16)15-13(17)10-4-3-5-11(14)7-10/h3-5,7,9,12,16H,6,8H2,1-2H3,(H,15,17). The monoisotopic (exact) mass is 239 g/mol. The Labute approximate surface area is 101 Å². The van der Waals surface area contributed by atoms with Crippen molar-refractivity contribution in [3.63, 3.8) is 0 Å². The minimum Gasteiger partial charge on any atom is -0.394 e. The van der Waals surface area contributed by atoms with Crippen LogP contribution in [0.2, 0.25) is 0 Å². The fourth-order valence-electron chi connectivity index (χ4n) is 1.65. The molecule has 0 spiro atoms. The average Bonchev–Trinajstić information content (AvgIpc) is 2.27. The molecule has 1 aromatic rings. The number of aliphatic hydroxyl groups excluding tert-OH is 1. The van der Waals surface area contributed by atoms with E-state index in [1.807, 2.05) is 13.8 Å². The van der Waals surface area contributed by atoms with Crippen LogP contribution >= 0.6 is 0 Å². The highest BCUT2D eigenvalue weighted by atomic mass is 19.1. The smallest absolute Gasteiger partial charge is 0.251 e. The Hall–Kier alpha value is -1.42. The Morgan fingerprint density at radius 1 is 1.47 bits per heavy atom. The van der Waals surface area contributed by atoms with Crippen LogP contribution in [0, 0.1) is 11.7 Å². The predicted molar refractivity (Wildman–Crippen MR) is 64.2 cm³/mol. The van der Waals surface area contributed by atoms with Crippen LogP contribution in [-0.2, 0) is 0 Å². The number of carbonyl (C=O) groups excluding carboxylic acids is 1. The third-order valence-corrected chi connectivity index (χ3v) is 2.40. The summed E-state index contributed by atoms with van der Waals surface area (Å²) >= 11 is 0. The second-order valence-electron chi connectivity index (χ2n) is 4.49. The second-order valence-corrected chi connectivity index (χ2v) is 4.49. The Morgan fingerprint density at radius 3 is 2.71 bits per heavy atom. The van der Waals surface area contributed by atoms with Crippen LogP contribution in [0.15, 0.2) is 24.3 Å². The number of carbonyl (C=O) groups is 1. The first-order chi connectivity index (χ1) is 8.02. The first-order valence-electron chi connectivity index (χ1n) is 5.70. The minimum absolute atomic E-state index is 0.112. The van der Waals surface area contributed by atoms with Crippen LogP contribution in [0.25, 0.3) is 0 Å². The molecule has 3 nitrogen and oxygen atoms in total. The molecular weight excluding hydrogens is 221 g/mol. The fourth-order valence-corrected chi connectivity index (χ4v) is 1.65. The summed E-state index contributed by atoms with van der Waals surface area (Å²) in [6.45, 7) is 3.91. The van der Waals surface area contributed by atoms with Crippen LogP contribution in [0.1, 0.15) is 30.6 Å². The molecule has 0 heterocycles. The maximum atomic E-state index is 12.9. The van der Waals surface area contributed by atoms with Gasteiger partial charge < -0.3 is 10.4 Å². The first kappa shape index (κ1) is 13.6. The average molecular weight is 239 g/mol. The van der Waals surface area contributed by atoms with Gasteiger partial charge in [-0.25, -0.2) is 4.39 Å². The molecule has 0 fully saturated rings. The summed E-state index contributed by atoms with van der Waals surface area (Å²) in [4.78, 5) is 11.8. The Kier molecular flexibility index (Phi) is 5.10. The summed E-state index contributed by atoms with van der Waals surface area (Å²) in [5, 5.41) is 11.8. The number of aliphatic hydroxyl groups is 1. The third-order valence-electron chi connectivity index (χ3n) is 2.40. The molecule has 0 aliphatic rings. The lowest BCUT2D eigenvalue weighted by atomic mass is 10.0. The van der Waals surface area contributed by atoms with Crippen molar-refractivity contribution in [3.8, 4) is 0 Å². The summed E-state index contributed by atoms with van der Waals surface area (Å²) in [7, 11) is 0. The minimum atomic E-state index is -0.443. The Morgan fingerprint density at radius 2 is 2.18 bits per heavy atom. The topological polar surface area (TPSA) is 49.3 Å². The van der Waals surface area contributed by atoms with Crippen LogP contribution in [0.5, 0.6) is 0 Å². The summed E-state index contributed by atoms with van der Waals surface area (Å²) in [5.41, 5.74) is 0.271. The van der Waals surface area contributed by atoms with Gasteiger partial charge in [-0.05, 0) is 30.5 Å². The fraction of sp³-hybridized carbons (Fsp3) is 0.462. The molecule has 0 aliphatic heterocycles. The van der Waals surface area contributed by atoms with Crippen molar-refractivity contribution in [3.05, 3.63) is 35.6 Å². The van der Waals surface area contributed by atoms with Crippen molar-refractivity contribution >= 4 is 5.91 Å². The van der Waals surface area contributed by atoms with Gasteiger partial charge >= 0.3 is 0 Å². The van der Waals surface area contributed by atoms with Crippen LogP contribution in [0.4, 0.5) is 4.39 Å². The van der Waals surface area contributed by atoms with Gasteiger partial charge in [-0.1, -0.05) is 19.9 Å². The number of halogens is 1. The number of hydrogen-bond acceptors (Lipinski definition) is 2. The molecule has 1 rings (SSSR count). The van der Waals surface area contributed by atoms with Gasteiger partial charge in [0.05, 0.1) is 12.6 Å². The van der Waals surface area contributed by atoms with E-state index < -0.39 is 5.82 Å². The maximum absolute atomic E-state index is 12.9. The SMILES string of the molecule is CC(C)CC(CO)NC(=O)c1cccc(F)c1. The molecule has 0 radical (unpaired) electrons. The highest BCUT2D eigenvalue weighted by Gasteiger charge is 2.14. The van der Waals surface area contributed by atoms with E-state index in [1.54, 1.807) is 6.07 Å². The van der Waals surface area contributed by atoms with Gasteiger partial charge in [0.15, 0.2) is 0 Å². The maximum Gasteiger partial charge on any atom is 0.251 e. The van der Waals surface area contributed by atoms with E-state index in [4.69, 9.17) is 5.11 Å². The van der Waals surface area contributed by atoms with Gasteiger partial charge in [0.2, 0.25) is 0 Å². The Bertz CT molecular complexity index is 379. The van der Waals surface area contributed by atoms with E-state index in [9.17, 15) is 9.18 Å². The molecule has 4 heteroatoms. The molecule has 17 heavy (non-hydrogen) atoms. The molecule has 0 saturated carbocycles. The molecule has 0 saturated heterocycles. The van der Waals surface area contributed by atoms with E-state index in [0.717, 1.165) is 0 Å². The number of benzene rings is 1. The summed E-state index contributed by atoms with van der Waals surface area (Å²) in [6.07, 6.45) is 0.692. The predicted octanol–water partition coefficient (Wildman–Crippen LogP) is 1.96. The van der Waals surface area contributed by atoms with E-state index in [1.165, 1.54) is 18.2 Å². The van der Waals surface area contributed by atoms with Crippen molar-refractivity contribution in [2.75, 3.05) is 6.61 Å². The van der Waals surface area contributed by atoms with E-state index in [-0.39, 0.29) is 24.1 Å². The van der Waals surface area contributed by atoms with E-state index in [0.29, 0.717) is 12.3 Å². The molecule has 94 valence electrons. The van der Waals surface area contributed by atoms with Crippen molar-refractivity contribution < 1.29 is 14.3 Å². The number of rotatable bonds is 5. The molecule has 1 unspecified atom stereocenters. The van der Waals surface area contributed by atoms with E-state index in [2.05, 4.69) is 5.32 Å². The molecule has 0 aromatic heterocycles. The highest BCUT2D eigenvalue weighted by molar-refractivity contribution is 5.94. The second kappa shape index (κ2) is 6.35. The van der Waals surface area contributed by atoms with Gasteiger partial charge in [0.25, 0.3) is 5.91 Å². The van der Waals surface area contributed by atoms with Crippen molar-refractivity contribution in [2.45, 2.75) is 26.3 Å². The van der Waals surface area contributed by atoms with Crippen LogP contribution in [-0.4, -0.2) is 23.7 Å². The van der Waals surface area contributed by atoms with Gasteiger partial charge in [-0.15, -0.1) is 0 Å². The molecule has 1 amide bonds. The quantitative estimate of drug-likeness (QED) is 0.825. The number of nitrogens with one attached hydrogen (secondary N) is 1. The van der Waals surface area contributed by atoms with Crippen LogP contribution in [0.3, 0.4) is 0 Å². The molecule has 2 N–H and O–H groups in total. The van der Waals surface area contributed by atoms with Crippen molar-refractivity contribution in [1.29, 1.82) is 0 Å². The van der Waals surface area contributed by atoms with Gasteiger partial charge in [-0.2, -0.15) is 0 Å². The van der Waals surface area contributed by atoms with Crippen LogP contribution < -0.4 is 5.32 Å². The summed E-state index contributed by atoms with van der Waals surface area (Å²) < 4.78 is 12.9. The molecular formula is C13H18FNO2. The highest BCUT2D eigenvalue weighted by Crippen LogP contribution is 2.07. The van der Waals surface area contributed by atoms with Gasteiger partial charge in [0.1, 0.15) is 5.82 Å². The zero-order valence-electron chi connectivity index (χ0n) is 10.1. The first-order valence-corrected chi connectivity index (χ1v) is 5.70. The van der Waals surface area contributed by atoms with Gasteiger partial charge in [-0.3, -0.25) is 4.79 Å². The van der Waals surface area contributed by atoms with Crippen molar-refractivity contribution in [1.82, 2.24) is 5.32 Å². The van der Waals surface area contributed by atoms with Gasteiger partial charge in [0, 0.05) is 5.56 Å².